The van der Waals surface area contributed by atoms with E-state index >= 15 is 0 Å². The zero-order chi connectivity index (χ0) is 11.6. The second-order valence-electron chi connectivity index (χ2n) is 5.35. The van der Waals surface area contributed by atoms with Crippen molar-refractivity contribution in [1.82, 2.24) is 10.0 Å². The molecule has 0 aromatic carbocycles. The monoisotopic (exact) mass is 246 g/mol. The third kappa shape index (κ3) is 3.18. The molecule has 1 spiro atoms. The van der Waals surface area contributed by atoms with Crippen LogP contribution in [-0.2, 0) is 10.0 Å². The van der Waals surface area contributed by atoms with Crippen LogP contribution < -0.4 is 10.0 Å². The van der Waals surface area contributed by atoms with Crippen LogP contribution in [0.1, 0.15) is 44.9 Å². The van der Waals surface area contributed by atoms with Crippen LogP contribution in [0.2, 0.25) is 0 Å². The van der Waals surface area contributed by atoms with E-state index in [0.29, 0.717) is 0 Å². The minimum Gasteiger partial charge on any atom is -0.311 e. The number of nitrogens with one attached hydrogen (secondary N) is 2. The zero-order valence-corrected chi connectivity index (χ0v) is 10.8. The first-order valence-corrected chi connectivity index (χ1v) is 8.11. The Morgan fingerprint density at radius 1 is 1.25 bits per heavy atom. The van der Waals surface area contributed by atoms with Gasteiger partial charge in [0, 0.05) is 11.6 Å². The number of rotatable bonds is 2. The average Bonchev–Trinajstić information content (AvgIpc) is 2.16. The van der Waals surface area contributed by atoms with Gasteiger partial charge in [-0.05, 0) is 32.2 Å². The van der Waals surface area contributed by atoms with Gasteiger partial charge in [-0.25, -0.2) is 13.1 Å². The molecule has 1 heterocycles. The van der Waals surface area contributed by atoms with E-state index in [-0.39, 0.29) is 11.6 Å². The second kappa shape index (κ2) is 4.63. The Morgan fingerprint density at radius 3 is 2.56 bits per heavy atom. The molecule has 2 aliphatic rings. The molecule has 16 heavy (non-hydrogen) atoms. The van der Waals surface area contributed by atoms with E-state index < -0.39 is 10.0 Å². The summed E-state index contributed by atoms with van der Waals surface area (Å²) in [6.45, 7) is 0.938. The van der Waals surface area contributed by atoms with Crippen LogP contribution in [0.5, 0.6) is 0 Å². The molecule has 2 fully saturated rings. The molecule has 0 amide bonds. The first-order chi connectivity index (χ1) is 7.49. The fourth-order valence-electron chi connectivity index (χ4n) is 3.17. The van der Waals surface area contributed by atoms with E-state index in [4.69, 9.17) is 0 Å². The number of hydrogen-bond donors (Lipinski definition) is 2. The highest BCUT2D eigenvalue weighted by atomic mass is 32.2. The van der Waals surface area contributed by atoms with Crippen molar-refractivity contribution in [3.63, 3.8) is 0 Å². The van der Waals surface area contributed by atoms with Crippen LogP contribution in [0.3, 0.4) is 0 Å². The summed E-state index contributed by atoms with van der Waals surface area (Å²) in [5.41, 5.74) is 0.221. The molecular weight excluding hydrogens is 224 g/mol. The summed E-state index contributed by atoms with van der Waals surface area (Å²) < 4.78 is 25.2. The number of hydrogen-bond acceptors (Lipinski definition) is 3. The van der Waals surface area contributed by atoms with Crippen molar-refractivity contribution in [2.24, 2.45) is 0 Å². The van der Waals surface area contributed by atoms with Gasteiger partial charge in [0.25, 0.3) is 0 Å². The van der Waals surface area contributed by atoms with E-state index in [1.54, 1.807) is 0 Å². The van der Waals surface area contributed by atoms with Crippen molar-refractivity contribution in [3.05, 3.63) is 0 Å². The van der Waals surface area contributed by atoms with Gasteiger partial charge in [0.15, 0.2) is 0 Å². The molecule has 1 saturated carbocycles. The van der Waals surface area contributed by atoms with Gasteiger partial charge < -0.3 is 5.32 Å². The maximum absolute atomic E-state index is 11.2. The molecule has 2 N–H and O–H groups in total. The predicted molar refractivity (Wildman–Crippen MR) is 64.8 cm³/mol. The molecule has 4 nitrogen and oxygen atoms in total. The van der Waals surface area contributed by atoms with E-state index in [1.807, 2.05) is 0 Å². The number of piperidine rings is 1. The quantitative estimate of drug-likeness (QED) is 0.764. The van der Waals surface area contributed by atoms with E-state index in [0.717, 1.165) is 19.4 Å². The lowest BCUT2D eigenvalue weighted by atomic mass is 9.75. The Hall–Kier alpha value is -0.130. The minimum absolute atomic E-state index is 0.134. The Labute approximate surface area is 98.2 Å². The largest absolute Gasteiger partial charge is 0.311 e. The minimum atomic E-state index is -3.06. The lowest BCUT2D eigenvalue weighted by Crippen LogP contribution is -2.56. The standard InChI is InChI=1S/C11H22N2O2S/c1-16(14,15)13-10-5-8-12-11(9-10)6-3-2-4-7-11/h10,12-13H,2-9H2,1H3. The molecule has 1 unspecified atom stereocenters. The lowest BCUT2D eigenvalue weighted by Gasteiger charge is -2.44. The fraction of sp³-hybridized carbons (Fsp3) is 1.00. The predicted octanol–water partition coefficient (Wildman–Crippen LogP) is 0.990. The first-order valence-electron chi connectivity index (χ1n) is 6.22. The van der Waals surface area contributed by atoms with Crippen LogP contribution >= 0.6 is 0 Å². The van der Waals surface area contributed by atoms with Gasteiger partial charge in [0.05, 0.1) is 6.26 Å². The molecule has 1 saturated heterocycles. The van der Waals surface area contributed by atoms with Gasteiger partial charge >= 0.3 is 0 Å². The third-order valence-electron chi connectivity index (χ3n) is 3.82. The van der Waals surface area contributed by atoms with Crippen molar-refractivity contribution in [2.75, 3.05) is 12.8 Å². The smallest absolute Gasteiger partial charge is 0.208 e. The molecular formula is C11H22N2O2S. The SMILES string of the molecule is CS(=O)(=O)NC1CCNC2(CCCCC2)C1. The van der Waals surface area contributed by atoms with Crippen molar-refractivity contribution in [3.8, 4) is 0 Å². The molecule has 94 valence electrons. The maximum atomic E-state index is 11.2. The first kappa shape index (κ1) is 12.3. The normalized spacial score (nSPS) is 30.4. The fourth-order valence-corrected chi connectivity index (χ4v) is 3.98. The van der Waals surface area contributed by atoms with Gasteiger partial charge in [-0.2, -0.15) is 0 Å². The summed E-state index contributed by atoms with van der Waals surface area (Å²) in [5.74, 6) is 0. The van der Waals surface area contributed by atoms with Crippen LogP contribution in [0.15, 0.2) is 0 Å². The van der Waals surface area contributed by atoms with Crippen LogP contribution in [-0.4, -0.2) is 32.8 Å². The van der Waals surface area contributed by atoms with Crippen molar-refractivity contribution >= 4 is 10.0 Å². The molecule has 0 radical (unpaired) electrons. The Morgan fingerprint density at radius 2 is 1.94 bits per heavy atom. The Kier molecular flexibility index (Phi) is 3.56. The van der Waals surface area contributed by atoms with Gasteiger partial charge in [0.1, 0.15) is 0 Å². The van der Waals surface area contributed by atoms with Crippen LogP contribution in [0.25, 0.3) is 0 Å². The molecule has 0 aromatic heterocycles. The molecule has 1 aliphatic carbocycles. The van der Waals surface area contributed by atoms with Crippen LogP contribution in [0, 0.1) is 0 Å². The zero-order valence-electron chi connectivity index (χ0n) is 9.96. The van der Waals surface area contributed by atoms with Gasteiger partial charge in [-0.3, -0.25) is 0 Å². The van der Waals surface area contributed by atoms with Crippen molar-refractivity contribution in [1.29, 1.82) is 0 Å². The molecule has 1 aliphatic heterocycles. The van der Waals surface area contributed by atoms with Gasteiger partial charge in [-0.15, -0.1) is 0 Å². The molecule has 0 aromatic rings. The summed E-state index contributed by atoms with van der Waals surface area (Å²) in [7, 11) is -3.06. The summed E-state index contributed by atoms with van der Waals surface area (Å²) in [5, 5.41) is 3.62. The van der Waals surface area contributed by atoms with Crippen molar-refractivity contribution < 1.29 is 8.42 Å². The summed E-state index contributed by atoms with van der Waals surface area (Å²) in [4.78, 5) is 0. The summed E-state index contributed by atoms with van der Waals surface area (Å²) in [6, 6.07) is 0.134. The molecule has 0 bridgehead atoms. The highest BCUT2D eigenvalue weighted by Crippen LogP contribution is 2.34. The third-order valence-corrected chi connectivity index (χ3v) is 4.58. The topological polar surface area (TPSA) is 58.2 Å². The summed E-state index contributed by atoms with van der Waals surface area (Å²) >= 11 is 0. The van der Waals surface area contributed by atoms with Gasteiger partial charge in [-0.1, -0.05) is 19.3 Å². The Bertz CT molecular complexity index is 328. The maximum Gasteiger partial charge on any atom is 0.208 e. The molecule has 1 atom stereocenters. The highest BCUT2D eigenvalue weighted by molar-refractivity contribution is 7.88. The van der Waals surface area contributed by atoms with E-state index in [9.17, 15) is 8.42 Å². The average molecular weight is 246 g/mol. The number of sulfonamides is 1. The van der Waals surface area contributed by atoms with E-state index in [2.05, 4.69) is 10.0 Å². The molecule has 5 heteroatoms. The molecule has 2 rings (SSSR count). The van der Waals surface area contributed by atoms with Crippen molar-refractivity contribution in [2.45, 2.75) is 56.5 Å². The Balaban J connectivity index is 1.98. The van der Waals surface area contributed by atoms with Gasteiger partial charge in [0.2, 0.25) is 10.0 Å². The summed E-state index contributed by atoms with van der Waals surface area (Å²) in [6.07, 6.45) is 9.41. The van der Waals surface area contributed by atoms with E-state index in [1.165, 1.54) is 38.4 Å². The lowest BCUT2D eigenvalue weighted by molar-refractivity contribution is 0.165. The second-order valence-corrected chi connectivity index (χ2v) is 7.13. The highest BCUT2D eigenvalue weighted by Gasteiger charge is 2.37. The van der Waals surface area contributed by atoms with Crippen LogP contribution in [0.4, 0.5) is 0 Å².